The van der Waals surface area contributed by atoms with Gasteiger partial charge in [0.1, 0.15) is 0 Å². The molecule has 4 heterocycles. The quantitative estimate of drug-likeness (QED) is 0.0857. The molecule has 20 aromatic rings. The molecule has 8 heteroatoms. The van der Waals surface area contributed by atoms with Gasteiger partial charge in [-0.3, -0.25) is 0 Å². The third-order valence-corrected chi connectivity index (χ3v) is 24.6. The number of aromatic nitrogens is 4. The highest BCUT2D eigenvalue weighted by Crippen LogP contribution is 2.43. The van der Waals surface area contributed by atoms with Crippen LogP contribution in [0.25, 0.3) is 110 Å². The Morgan fingerprint density at radius 1 is 0.252 bits per heavy atom. The molecular formula is C115H110N8. The number of hydrogen-bond donors (Lipinski definition) is 0. The molecule has 4 aromatic heterocycles. The Hall–Kier alpha value is -14.1. The molecule has 0 aliphatic carbocycles. The lowest BCUT2D eigenvalue weighted by Gasteiger charge is -2.20. The van der Waals surface area contributed by atoms with Crippen LogP contribution in [-0.2, 0) is 18.3 Å². The Morgan fingerprint density at radius 2 is 0.504 bits per heavy atom. The highest BCUT2D eigenvalue weighted by molar-refractivity contribution is 6.14. The van der Waals surface area contributed by atoms with E-state index in [2.05, 4.69) is 510 Å². The number of aryl methyl sites for hydroxylation is 1. The number of para-hydroxylation sites is 8. The smallest absolute Gasteiger partial charge is 0.0542 e. The monoisotopic (exact) mass is 1600 g/mol. The standard InChI is InChI=1S/3C29H28N2.C28H26N2/c1-29(2,3)21-15-17-27-25(19-21)26-20-24(30(4)22-11-7-5-8-12-22)16-18-28(26)31(27)23-13-9-6-10-14-23;1-21(2)18-22-14-16-28-26(19-22)27-20-25(30(3)23-10-6-4-7-11-23)15-17-29(27)31(28)24-12-8-5-9-13-24;1-4-21(2)22-15-17-28-26(19-22)27-20-25(30(3)23-11-7-5-8-12-23)16-18-29(27)31(28)24-13-9-6-10-14-24;1-3-10-21-15-17-27-25(19-21)26-20-24(29(2)22-11-6-4-7-12-22)16-18-28(26)30(27)23-13-8-5-9-14-23/h5-20H,1-4H3;4-17,19-21H,18H2,1-3H3;5-21H,4H2,1-3H3;4-9,11-20H,3,10H2,1-2H3. The number of nitrogens with zero attached hydrogens (tertiary/aromatic N) is 8. The van der Waals surface area contributed by atoms with Crippen LogP contribution in [0.2, 0.25) is 0 Å². The summed E-state index contributed by atoms with van der Waals surface area (Å²) in [6, 6.07) is 140. The van der Waals surface area contributed by atoms with Gasteiger partial charge >= 0.3 is 0 Å². The molecule has 0 aliphatic heterocycles. The van der Waals surface area contributed by atoms with E-state index in [1.165, 1.54) is 178 Å². The number of anilines is 8. The molecule has 1 atom stereocenters. The fourth-order valence-electron chi connectivity index (χ4n) is 17.7. The number of rotatable bonds is 18. The van der Waals surface area contributed by atoms with Gasteiger partial charge in [0.15, 0.2) is 0 Å². The fourth-order valence-corrected chi connectivity index (χ4v) is 17.7. The normalized spacial score (nSPS) is 11.7. The minimum absolute atomic E-state index is 0.105. The van der Waals surface area contributed by atoms with Gasteiger partial charge in [-0.25, -0.2) is 0 Å². The first-order valence-corrected chi connectivity index (χ1v) is 43.7. The van der Waals surface area contributed by atoms with Crippen molar-refractivity contribution in [3.8, 4) is 22.7 Å². The van der Waals surface area contributed by atoms with Crippen LogP contribution in [0.3, 0.4) is 0 Å². The van der Waals surface area contributed by atoms with Crippen molar-refractivity contribution in [1.29, 1.82) is 0 Å². The first kappa shape index (κ1) is 81.3. The third-order valence-electron chi connectivity index (χ3n) is 24.6. The summed E-state index contributed by atoms with van der Waals surface area (Å²) in [5.74, 6) is 1.19. The molecule has 8 nitrogen and oxygen atoms in total. The van der Waals surface area contributed by atoms with E-state index in [1.54, 1.807) is 0 Å². The van der Waals surface area contributed by atoms with E-state index in [9.17, 15) is 0 Å². The largest absolute Gasteiger partial charge is 0.345 e. The maximum atomic E-state index is 2.40. The molecule has 20 rings (SSSR count). The summed E-state index contributed by atoms with van der Waals surface area (Å²) in [7, 11) is 8.54. The third kappa shape index (κ3) is 16.7. The summed E-state index contributed by atoms with van der Waals surface area (Å²) in [4.78, 5) is 9.01. The van der Waals surface area contributed by atoms with E-state index in [0.717, 1.165) is 25.7 Å². The lowest BCUT2D eigenvalue weighted by molar-refractivity contribution is 0.591. The van der Waals surface area contributed by atoms with Crippen molar-refractivity contribution in [3.05, 3.63) is 411 Å². The molecule has 610 valence electrons. The summed E-state index contributed by atoms with van der Waals surface area (Å²) in [6.07, 6.45) is 4.50. The van der Waals surface area contributed by atoms with Crippen LogP contribution in [0.4, 0.5) is 45.5 Å². The zero-order chi connectivity index (χ0) is 84.8. The van der Waals surface area contributed by atoms with E-state index in [4.69, 9.17) is 0 Å². The van der Waals surface area contributed by atoms with Crippen molar-refractivity contribution in [2.75, 3.05) is 47.8 Å². The van der Waals surface area contributed by atoms with E-state index in [1.807, 2.05) is 0 Å². The van der Waals surface area contributed by atoms with Gasteiger partial charge in [0.25, 0.3) is 0 Å². The molecule has 0 fully saturated rings. The minimum Gasteiger partial charge on any atom is -0.345 e. The van der Waals surface area contributed by atoms with Gasteiger partial charge in [0, 0.05) is 140 Å². The Labute approximate surface area is 725 Å². The van der Waals surface area contributed by atoms with Crippen molar-refractivity contribution in [2.24, 2.45) is 5.92 Å². The molecule has 1 unspecified atom stereocenters. The van der Waals surface area contributed by atoms with Gasteiger partial charge in [0.05, 0.1) is 44.1 Å². The predicted molar refractivity (Wildman–Crippen MR) is 531 cm³/mol. The van der Waals surface area contributed by atoms with E-state index >= 15 is 0 Å². The Kier molecular flexibility index (Phi) is 23.6. The minimum atomic E-state index is 0.105. The Bertz CT molecular complexity index is 7020. The maximum Gasteiger partial charge on any atom is 0.0542 e. The average Bonchev–Trinajstić information content (AvgIpc) is 1.61. The number of benzene rings is 16. The topological polar surface area (TPSA) is 32.7 Å². The second kappa shape index (κ2) is 35.7. The zero-order valence-electron chi connectivity index (χ0n) is 73.0. The molecule has 0 saturated heterocycles. The molecule has 16 aromatic carbocycles. The predicted octanol–water partition coefficient (Wildman–Crippen LogP) is 31.2. The Morgan fingerprint density at radius 3 is 0.797 bits per heavy atom. The van der Waals surface area contributed by atoms with Crippen LogP contribution in [-0.4, -0.2) is 46.5 Å². The molecule has 0 N–H and O–H groups in total. The second-order valence-corrected chi connectivity index (χ2v) is 34.2. The maximum absolute atomic E-state index is 2.40. The van der Waals surface area contributed by atoms with Crippen LogP contribution in [0.15, 0.2) is 388 Å². The van der Waals surface area contributed by atoms with Gasteiger partial charge in [0.2, 0.25) is 0 Å². The van der Waals surface area contributed by atoms with Crippen LogP contribution < -0.4 is 19.6 Å². The van der Waals surface area contributed by atoms with Gasteiger partial charge in [-0.05, 0) is 277 Å². The van der Waals surface area contributed by atoms with Crippen molar-refractivity contribution in [2.45, 2.75) is 92.4 Å². The number of fused-ring (bicyclic) bond motifs is 12. The second-order valence-electron chi connectivity index (χ2n) is 34.2. The first-order chi connectivity index (χ1) is 60.0. The van der Waals surface area contributed by atoms with E-state index < -0.39 is 0 Å². The lowest BCUT2D eigenvalue weighted by atomic mass is 9.86. The van der Waals surface area contributed by atoms with Crippen molar-refractivity contribution >= 4 is 133 Å². The Balaban J connectivity index is 0.000000116. The van der Waals surface area contributed by atoms with Gasteiger partial charge in [-0.15, -0.1) is 0 Å². The SMILES string of the molecule is CC(C)Cc1ccc2c(c1)c1cc(N(C)c3ccccc3)ccc1n2-c1ccccc1.CCC(C)c1ccc2c(c1)c1cc(N(C)c3ccccc3)ccc1n2-c1ccccc1.CCCc1ccc2c(c1)c1cc(N(C)c3ccccc3)ccc1n2-c1ccccc1.CN(c1ccccc1)c1ccc2c(c1)c1cc(C(C)(C)C)ccc1n2-c1ccccc1. The molecule has 0 saturated carbocycles. The highest BCUT2D eigenvalue weighted by Gasteiger charge is 2.23. The molecular weight excluding hydrogens is 1490 g/mol. The molecule has 0 radical (unpaired) electrons. The van der Waals surface area contributed by atoms with Gasteiger partial charge in [-0.1, -0.05) is 232 Å². The van der Waals surface area contributed by atoms with Crippen LogP contribution in [0.1, 0.15) is 96.4 Å². The summed E-state index contributed by atoms with van der Waals surface area (Å²) >= 11 is 0. The molecule has 0 spiro atoms. The van der Waals surface area contributed by atoms with Crippen LogP contribution in [0.5, 0.6) is 0 Å². The summed E-state index contributed by atoms with van der Waals surface area (Å²) in [5, 5.41) is 10.4. The van der Waals surface area contributed by atoms with Crippen LogP contribution >= 0.6 is 0 Å². The average molecular weight is 1600 g/mol. The highest BCUT2D eigenvalue weighted by atomic mass is 15.1. The lowest BCUT2D eigenvalue weighted by Crippen LogP contribution is -2.10. The van der Waals surface area contributed by atoms with E-state index in [0.29, 0.717) is 11.8 Å². The summed E-state index contributed by atoms with van der Waals surface area (Å²) < 4.78 is 9.53. The molecule has 123 heavy (non-hydrogen) atoms. The first-order valence-electron chi connectivity index (χ1n) is 43.7. The zero-order valence-corrected chi connectivity index (χ0v) is 73.0. The van der Waals surface area contributed by atoms with Crippen molar-refractivity contribution in [3.63, 3.8) is 0 Å². The fraction of sp³-hybridized carbons (Fsp3) is 0.165. The molecule has 0 aliphatic rings. The number of hydrogen-bond acceptors (Lipinski definition) is 4. The van der Waals surface area contributed by atoms with Gasteiger partial charge in [-0.2, -0.15) is 0 Å². The molecule has 0 amide bonds. The van der Waals surface area contributed by atoms with Gasteiger partial charge < -0.3 is 37.9 Å². The summed E-state index contributed by atoms with van der Waals surface area (Å²) in [6.45, 7) is 18.2. The van der Waals surface area contributed by atoms with Crippen molar-refractivity contribution < 1.29 is 0 Å². The van der Waals surface area contributed by atoms with Crippen LogP contribution in [0, 0.1) is 5.92 Å². The molecule has 0 bridgehead atoms. The van der Waals surface area contributed by atoms with Crippen molar-refractivity contribution in [1.82, 2.24) is 18.3 Å². The van der Waals surface area contributed by atoms with E-state index in [-0.39, 0.29) is 5.41 Å². The summed E-state index contributed by atoms with van der Waals surface area (Å²) in [5.41, 5.74) is 30.0.